The van der Waals surface area contributed by atoms with E-state index in [0.717, 1.165) is 4.90 Å². The van der Waals surface area contributed by atoms with Crippen LogP contribution in [0, 0.1) is 12.0 Å². The van der Waals surface area contributed by atoms with Crippen LogP contribution in [-0.4, -0.2) is 52.5 Å². The lowest BCUT2D eigenvalue weighted by molar-refractivity contribution is -0.120. The van der Waals surface area contributed by atoms with Gasteiger partial charge in [0.1, 0.15) is 6.04 Å². The molecule has 1 saturated heterocycles. The van der Waals surface area contributed by atoms with Crippen molar-refractivity contribution in [3.63, 3.8) is 0 Å². The highest BCUT2D eigenvalue weighted by molar-refractivity contribution is 6.22. The van der Waals surface area contributed by atoms with Gasteiger partial charge in [0.15, 0.2) is 5.78 Å². The zero-order valence-corrected chi connectivity index (χ0v) is 12.9. The SMILES string of the molecule is CC(=O)C(C#CN1C(=O)c2ccccc2C1=O)N1CCC(F)(F)C1. The molecule has 1 aromatic carbocycles. The van der Waals surface area contributed by atoms with E-state index in [2.05, 4.69) is 12.0 Å². The van der Waals surface area contributed by atoms with Crippen LogP contribution in [0.25, 0.3) is 0 Å². The number of imide groups is 1. The van der Waals surface area contributed by atoms with Crippen molar-refractivity contribution < 1.29 is 23.2 Å². The molecule has 0 spiro atoms. The molecule has 0 aliphatic carbocycles. The summed E-state index contributed by atoms with van der Waals surface area (Å²) in [4.78, 5) is 38.1. The number of nitrogens with zero attached hydrogens (tertiary/aromatic N) is 2. The van der Waals surface area contributed by atoms with Crippen LogP contribution in [-0.2, 0) is 4.79 Å². The van der Waals surface area contributed by atoms with Crippen LogP contribution in [0.15, 0.2) is 24.3 Å². The van der Waals surface area contributed by atoms with E-state index in [1.807, 2.05) is 0 Å². The van der Waals surface area contributed by atoms with Crippen molar-refractivity contribution in [1.82, 2.24) is 9.80 Å². The Kier molecular flexibility index (Phi) is 3.93. The third kappa shape index (κ3) is 2.81. The van der Waals surface area contributed by atoms with Crippen molar-refractivity contribution in [2.24, 2.45) is 0 Å². The van der Waals surface area contributed by atoms with Crippen LogP contribution >= 0.6 is 0 Å². The lowest BCUT2D eigenvalue weighted by atomic mass is 10.1. The molecule has 2 heterocycles. The Balaban J connectivity index is 1.84. The molecule has 2 aliphatic rings. The molecule has 5 nitrogen and oxygen atoms in total. The number of halogens is 2. The fourth-order valence-corrected chi connectivity index (χ4v) is 2.85. The van der Waals surface area contributed by atoms with E-state index in [1.54, 1.807) is 12.1 Å². The highest BCUT2D eigenvalue weighted by atomic mass is 19.3. The molecular formula is C17H14F2N2O3. The summed E-state index contributed by atoms with van der Waals surface area (Å²) in [5, 5.41) is 0. The minimum absolute atomic E-state index is 0.0358. The van der Waals surface area contributed by atoms with Crippen molar-refractivity contribution in [3.05, 3.63) is 35.4 Å². The predicted molar refractivity (Wildman–Crippen MR) is 80.3 cm³/mol. The molecule has 1 fully saturated rings. The van der Waals surface area contributed by atoms with Gasteiger partial charge < -0.3 is 0 Å². The van der Waals surface area contributed by atoms with Crippen LogP contribution in [0.1, 0.15) is 34.1 Å². The molecule has 24 heavy (non-hydrogen) atoms. The molecule has 0 N–H and O–H groups in total. The molecule has 1 atom stereocenters. The zero-order valence-electron chi connectivity index (χ0n) is 12.9. The molecule has 0 radical (unpaired) electrons. The number of benzene rings is 1. The second kappa shape index (κ2) is 5.80. The Morgan fingerprint density at radius 2 is 1.79 bits per heavy atom. The smallest absolute Gasteiger partial charge is 0.273 e. The Morgan fingerprint density at radius 1 is 1.21 bits per heavy atom. The molecule has 2 aliphatic heterocycles. The second-order valence-electron chi connectivity index (χ2n) is 5.84. The molecule has 1 unspecified atom stereocenters. The van der Waals surface area contributed by atoms with E-state index in [0.29, 0.717) is 0 Å². The van der Waals surface area contributed by atoms with Crippen LogP contribution in [0.3, 0.4) is 0 Å². The Hall–Kier alpha value is -2.59. The number of fused-ring (bicyclic) bond motifs is 1. The average molecular weight is 332 g/mol. The van der Waals surface area contributed by atoms with Gasteiger partial charge in [0.25, 0.3) is 17.7 Å². The number of likely N-dealkylation sites (tertiary alicyclic amines) is 1. The van der Waals surface area contributed by atoms with Crippen molar-refractivity contribution in [2.75, 3.05) is 13.1 Å². The molecule has 0 aromatic heterocycles. The first-order valence-electron chi connectivity index (χ1n) is 7.41. The summed E-state index contributed by atoms with van der Waals surface area (Å²) >= 11 is 0. The van der Waals surface area contributed by atoms with Crippen LogP contribution in [0.4, 0.5) is 8.78 Å². The summed E-state index contributed by atoms with van der Waals surface area (Å²) in [6, 6.07) is 7.61. The van der Waals surface area contributed by atoms with Crippen LogP contribution in [0.2, 0.25) is 0 Å². The zero-order chi connectivity index (χ0) is 17.5. The summed E-state index contributed by atoms with van der Waals surface area (Å²) in [5.41, 5.74) is 0.479. The van der Waals surface area contributed by atoms with Gasteiger partial charge in [-0.05, 0) is 19.1 Å². The molecule has 0 bridgehead atoms. The van der Waals surface area contributed by atoms with Crippen molar-refractivity contribution in [2.45, 2.75) is 25.3 Å². The lowest BCUT2D eigenvalue weighted by Gasteiger charge is -2.20. The number of Topliss-reactive ketones (excluding diaryl/α,β-unsaturated/α-hetero) is 1. The lowest BCUT2D eigenvalue weighted by Crippen LogP contribution is -2.39. The molecule has 3 rings (SSSR count). The summed E-state index contributed by atoms with van der Waals surface area (Å²) in [5.74, 6) is -1.89. The number of alkyl halides is 2. The number of amides is 2. The average Bonchev–Trinajstić information content (AvgIpc) is 3.00. The minimum Gasteiger partial charge on any atom is -0.297 e. The van der Waals surface area contributed by atoms with Gasteiger partial charge in [-0.25, -0.2) is 8.78 Å². The Morgan fingerprint density at radius 3 is 2.25 bits per heavy atom. The third-order valence-corrected chi connectivity index (χ3v) is 4.06. The maximum absolute atomic E-state index is 13.3. The van der Waals surface area contributed by atoms with Gasteiger partial charge in [0.05, 0.1) is 17.7 Å². The standard InChI is InChI=1S/C17H14F2N2O3/c1-11(22)14(20-9-7-17(18,19)10-20)6-8-21-15(23)12-4-2-3-5-13(12)16(21)24/h2-5,14H,7,9-10H2,1H3. The topological polar surface area (TPSA) is 57.7 Å². The van der Waals surface area contributed by atoms with Gasteiger partial charge in [0, 0.05) is 19.0 Å². The predicted octanol–water partition coefficient (Wildman–Crippen LogP) is 1.54. The van der Waals surface area contributed by atoms with Gasteiger partial charge in [-0.1, -0.05) is 18.1 Å². The monoisotopic (exact) mass is 332 g/mol. The second-order valence-corrected chi connectivity index (χ2v) is 5.84. The highest BCUT2D eigenvalue weighted by Crippen LogP contribution is 2.28. The number of hydrogen-bond donors (Lipinski definition) is 0. The molecule has 0 saturated carbocycles. The van der Waals surface area contributed by atoms with E-state index in [-0.39, 0.29) is 24.1 Å². The number of rotatable bonds is 2. The maximum Gasteiger partial charge on any atom is 0.273 e. The molecule has 1 aromatic rings. The number of carbonyl (C=O) groups excluding carboxylic acids is 3. The summed E-state index contributed by atoms with van der Waals surface area (Å²) in [6.45, 7) is 0.722. The van der Waals surface area contributed by atoms with Gasteiger partial charge in [-0.15, -0.1) is 0 Å². The largest absolute Gasteiger partial charge is 0.297 e. The van der Waals surface area contributed by atoms with E-state index < -0.39 is 36.1 Å². The van der Waals surface area contributed by atoms with Gasteiger partial charge in [-0.2, -0.15) is 4.90 Å². The van der Waals surface area contributed by atoms with E-state index in [4.69, 9.17) is 0 Å². The highest BCUT2D eigenvalue weighted by Gasteiger charge is 2.42. The first kappa shape index (κ1) is 16.3. The van der Waals surface area contributed by atoms with Gasteiger partial charge >= 0.3 is 0 Å². The number of hydrogen-bond acceptors (Lipinski definition) is 4. The van der Waals surface area contributed by atoms with Crippen LogP contribution in [0.5, 0.6) is 0 Å². The quantitative estimate of drug-likeness (QED) is 0.609. The van der Waals surface area contributed by atoms with Gasteiger partial charge in [-0.3, -0.25) is 19.3 Å². The Labute approximate surface area is 137 Å². The van der Waals surface area contributed by atoms with E-state index >= 15 is 0 Å². The molecule has 7 heteroatoms. The first-order chi connectivity index (χ1) is 11.3. The van der Waals surface area contributed by atoms with Crippen molar-refractivity contribution in [1.29, 1.82) is 0 Å². The normalized spacial score (nSPS) is 20.5. The minimum atomic E-state index is -2.86. The fraction of sp³-hybridized carbons (Fsp3) is 0.353. The number of ketones is 1. The third-order valence-electron chi connectivity index (χ3n) is 4.06. The fourth-order valence-electron chi connectivity index (χ4n) is 2.85. The maximum atomic E-state index is 13.3. The number of carbonyl (C=O) groups is 3. The van der Waals surface area contributed by atoms with E-state index in [9.17, 15) is 23.2 Å². The van der Waals surface area contributed by atoms with Crippen molar-refractivity contribution in [3.8, 4) is 12.0 Å². The Bertz CT molecular complexity index is 760. The van der Waals surface area contributed by atoms with E-state index in [1.165, 1.54) is 24.0 Å². The van der Waals surface area contributed by atoms with Crippen molar-refractivity contribution >= 4 is 17.6 Å². The van der Waals surface area contributed by atoms with Crippen LogP contribution < -0.4 is 0 Å². The summed E-state index contributed by atoms with van der Waals surface area (Å²) < 4.78 is 26.7. The van der Waals surface area contributed by atoms with Gasteiger partial charge in [0.2, 0.25) is 0 Å². The molecular weight excluding hydrogens is 318 g/mol. The first-order valence-corrected chi connectivity index (χ1v) is 7.41. The molecule has 124 valence electrons. The molecule has 2 amide bonds. The summed E-state index contributed by atoms with van der Waals surface area (Å²) in [6.07, 6.45) is -0.342. The summed E-state index contributed by atoms with van der Waals surface area (Å²) in [7, 11) is 0.